The molecule has 0 radical (unpaired) electrons. The van der Waals surface area contributed by atoms with Gasteiger partial charge < -0.3 is 28.1 Å². The van der Waals surface area contributed by atoms with Gasteiger partial charge in [-0.25, -0.2) is 0 Å². The number of hydrogen-bond acceptors (Lipinski definition) is 2. The minimum absolute atomic E-state index is 0.272. The lowest BCUT2D eigenvalue weighted by Crippen LogP contribution is -2.17. The molecule has 4 aromatic heterocycles. The monoisotopic (exact) mass is 1820 g/mol. The molecule has 672 valence electrons. The second-order valence-electron chi connectivity index (χ2n) is 38.2. The van der Waals surface area contributed by atoms with Crippen molar-refractivity contribution >= 4 is 143 Å². The Bertz CT molecular complexity index is 9510. The molecule has 143 heavy (non-hydrogen) atoms. The lowest BCUT2D eigenvalue weighted by molar-refractivity contribution is 0.660. The number of hydrogen-bond donors (Lipinski definition) is 0. The number of aromatic nitrogens is 4. The quantitative estimate of drug-likeness (QED) is 0.0964. The Hall–Kier alpha value is -18.6. The topological polar surface area (TPSA) is 26.2 Å². The summed E-state index contributed by atoms with van der Waals surface area (Å²) in [7, 11) is 0. The fraction of sp³-hybridized carbons (Fsp3) is 0.0219. The molecule has 0 amide bonds. The normalized spacial score (nSPS) is 12.2. The van der Waals surface area contributed by atoms with Crippen LogP contribution in [0.5, 0.6) is 0 Å². The van der Waals surface area contributed by atoms with E-state index < -0.39 is 0 Å². The third kappa shape index (κ3) is 14.3. The van der Waals surface area contributed by atoms with Crippen molar-refractivity contribution in [2.75, 3.05) is 9.80 Å². The molecule has 0 aliphatic heterocycles. The summed E-state index contributed by atoms with van der Waals surface area (Å²) in [6.07, 6.45) is 0. The number of nitrogens with zero attached hydrogens (tertiary/aromatic N) is 6. The fourth-order valence-corrected chi connectivity index (χ4v) is 22.9. The van der Waals surface area contributed by atoms with Crippen LogP contribution in [-0.2, 0) is 5.41 Å². The highest BCUT2D eigenvalue weighted by Gasteiger charge is 2.37. The molecule has 23 aromatic carbocycles. The van der Waals surface area contributed by atoms with E-state index in [0.29, 0.717) is 0 Å². The number of para-hydroxylation sites is 8. The third-order valence-corrected chi connectivity index (χ3v) is 29.9. The molecule has 0 atom stereocenters. The first-order valence-corrected chi connectivity index (χ1v) is 49.4. The van der Waals surface area contributed by atoms with E-state index in [1.165, 1.54) is 203 Å². The molecule has 6 heteroatoms. The summed E-state index contributed by atoms with van der Waals surface area (Å²) in [5.41, 5.74) is 40.2. The van der Waals surface area contributed by atoms with E-state index >= 15 is 0 Å². The summed E-state index contributed by atoms with van der Waals surface area (Å²) in [4.78, 5) is 4.84. The van der Waals surface area contributed by atoms with Crippen LogP contribution >= 0.6 is 0 Å². The van der Waals surface area contributed by atoms with Gasteiger partial charge in [-0.05, 0) is 264 Å². The van der Waals surface area contributed by atoms with Crippen LogP contribution in [0.1, 0.15) is 25.0 Å². The average molecular weight is 1820 g/mol. The van der Waals surface area contributed by atoms with Crippen LogP contribution in [0.3, 0.4) is 0 Å². The first kappa shape index (κ1) is 83.7. The third-order valence-electron chi connectivity index (χ3n) is 29.9. The molecule has 0 unspecified atom stereocenters. The lowest BCUT2D eigenvalue weighted by Gasteiger charge is -2.30. The van der Waals surface area contributed by atoms with Crippen molar-refractivity contribution in [3.8, 4) is 101 Å². The standard InChI is InChI=1S/C71H49N3.C66H45N3/c1-71(2)63-43-48(49-34-39-62-61-26-10-13-28-65(61)73(70(62)44-49)50-19-4-3-5-20-50)33-38-55(63)56-40-37-52(45-64(56)71)72(51-35-31-47(32-36-51)54-27-16-18-46-17-6-7-21-53(46)54)68-41-42-69(60-23-9-8-22-59(60)68)74-66-29-14-11-24-57(66)58-25-12-15-30-67(58)74;1-3-13-46(14-4-1)47-23-25-48(26-24-47)49-27-36-55(37-28-49)67(56-38-29-50(30-39-56)51-31-42-58(43-32-51)68-63-20-10-7-17-59(63)60-18-8-11-21-64(60)68)57-40-33-52(34-41-57)53-35-44-62-61-19-9-12-22-65(61)69(66(62)45-53)54-15-5-2-6-16-54/h3-45H,1-2H3;1-45H. The summed E-state index contributed by atoms with van der Waals surface area (Å²) in [6.45, 7) is 4.81. The van der Waals surface area contributed by atoms with Gasteiger partial charge in [0.25, 0.3) is 0 Å². The van der Waals surface area contributed by atoms with Crippen LogP contribution in [0.15, 0.2) is 534 Å². The molecule has 28 rings (SSSR count). The number of benzene rings is 23. The van der Waals surface area contributed by atoms with Crippen molar-refractivity contribution in [1.29, 1.82) is 0 Å². The summed E-state index contributed by atoms with van der Waals surface area (Å²) >= 11 is 0. The van der Waals surface area contributed by atoms with E-state index in [2.05, 4.69) is 576 Å². The average Bonchev–Trinajstić information content (AvgIpc) is 1.61. The molecule has 0 bridgehead atoms. The van der Waals surface area contributed by atoms with E-state index in [-0.39, 0.29) is 5.41 Å². The zero-order chi connectivity index (χ0) is 94.7. The maximum absolute atomic E-state index is 2.48. The van der Waals surface area contributed by atoms with Gasteiger partial charge in [0.1, 0.15) is 0 Å². The van der Waals surface area contributed by atoms with Crippen molar-refractivity contribution in [3.63, 3.8) is 0 Å². The summed E-state index contributed by atoms with van der Waals surface area (Å²) in [5.74, 6) is 0. The molecular weight excluding hydrogens is 1730 g/mol. The number of rotatable bonds is 16. The highest BCUT2D eigenvalue weighted by atomic mass is 15.2. The predicted molar refractivity (Wildman–Crippen MR) is 605 cm³/mol. The largest absolute Gasteiger partial charge is 0.311 e. The molecule has 27 aromatic rings. The number of fused-ring (bicyclic) bond motifs is 17. The van der Waals surface area contributed by atoms with Crippen LogP contribution in [0.25, 0.3) is 209 Å². The van der Waals surface area contributed by atoms with Gasteiger partial charge >= 0.3 is 0 Å². The minimum Gasteiger partial charge on any atom is -0.311 e. The zero-order valence-corrected chi connectivity index (χ0v) is 79.0. The van der Waals surface area contributed by atoms with Gasteiger partial charge in [0, 0.05) is 105 Å². The van der Waals surface area contributed by atoms with Crippen molar-refractivity contribution in [2.45, 2.75) is 19.3 Å². The molecule has 0 saturated carbocycles. The van der Waals surface area contributed by atoms with Crippen LogP contribution in [-0.4, -0.2) is 18.3 Å². The molecule has 1 aliphatic rings. The Morgan fingerprint density at radius 1 is 0.161 bits per heavy atom. The molecule has 0 saturated heterocycles. The van der Waals surface area contributed by atoms with Crippen LogP contribution in [0.2, 0.25) is 0 Å². The summed E-state index contributed by atoms with van der Waals surface area (Å²) in [6, 6.07) is 195. The Balaban J connectivity index is 0.000000143. The Labute approximate surface area is 829 Å². The Morgan fingerprint density at radius 2 is 0.455 bits per heavy atom. The SMILES string of the molecule is CC1(C)c2cc(-c3ccc4c5ccccc5n(-c5ccccc5)c4c3)ccc2-c2ccc(N(c3ccc(-c4cccc5ccccc45)cc3)c3ccc(-n4c5ccccc5c5ccccc54)c4ccccc34)cc21.c1ccc(-c2ccc(-c3ccc(N(c4ccc(-c5ccc(-n6c7ccccc7c7ccccc76)cc5)cc4)c4ccc(-c5ccc6c7ccccc7n(-c7ccccc7)c6c5)cc4)cc3)cc2)cc1. The van der Waals surface area contributed by atoms with Gasteiger partial charge in [-0.3, -0.25) is 0 Å². The lowest BCUT2D eigenvalue weighted by atomic mass is 9.81. The van der Waals surface area contributed by atoms with Crippen molar-refractivity contribution in [1.82, 2.24) is 18.3 Å². The van der Waals surface area contributed by atoms with E-state index in [4.69, 9.17) is 0 Å². The molecule has 0 fully saturated rings. The molecule has 1 aliphatic carbocycles. The van der Waals surface area contributed by atoms with Gasteiger partial charge in [-0.15, -0.1) is 0 Å². The minimum atomic E-state index is -0.272. The van der Waals surface area contributed by atoms with Gasteiger partial charge in [0.2, 0.25) is 0 Å². The van der Waals surface area contributed by atoms with Crippen molar-refractivity contribution in [3.05, 3.63) is 545 Å². The highest BCUT2D eigenvalue weighted by Crippen LogP contribution is 2.54. The Morgan fingerprint density at radius 3 is 0.923 bits per heavy atom. The van der Waals surface area contributed by atoms with Gasteiger partial charge in [0.15, 0.2) is 0 Å². The first-order valence-electron chi connectivity index (χ1n) is 49.4. The van der Waals surface area contributed by atoms with E-state index in [1.54, 1.807) is 0 Å². The van der Waals surface area contributed by atoms with Gasteiger partial charge in [0.05, 0.1) is 55.5 Å². The highest BCUT2D eigenvalue weighted by molar-refractivity contribution is 6.15. The maximum atomic E-state index is 2.48. The van der Waals surface area contributed by atoms with Crippen molar-refractivity contribution < 1.29 is 0 Å². The maximum Gasteiger partial charge on any atom is 0.0547 e. The smallest absolute Gasteiger partial charge is 0.0547 e. The first-order chi connectivity index (χ1) is 70.7. The van der Waals surface area contributed by atoms with Crippen molar-refractivity contribution in [2.24, 2.45) is 0 Å². The second-order valence-corrected chi connectivity index (χ2v) is 38.2. The van der Waals surface area contributed by atoms with Crippen LogP contribution in [0, 0.1) is 0 Å². The van der Waals surface area contributed by atoms with E-state index in [9.17, 15) is 0 Å². The fourth-order valence-electron chi connectivity index (χ4n) is 22.9. The molecule has 0 spiro atoms. The van der Waals surface area contributed by atoms with Gasteiger partial charge in [-0.1, -0.05) is 384 Å². The van der Waals surface area contributed by atoms with E-state index in [1.807, 2.05) is 0 Å². The van der Waals surface area contributed by atoms with Crippen LogP contribution < -0.4 is 9.80 Å². The summed E-state index contributed by atoms with van der Waals surface area (Å²) < 4.78 is 9.61. The number of anilines is 6. The van der Waals surface area contributed by atoms with Crippen LogP contribution in [0.4, 0.5) is 34.1 Å². The Kier molecular flexibility index (Phi) is 20.2. The zero-order valence-electron chi connectivity index (χ0n) is 79.0. The van der Waals surface area contributed by atoms with Gasteiger partial charge in [-0.2, -0.15) is 0 Å². The van der Waals surface area contributed by atoms with E-state index in [0.717, 1.165) is 51.2 Å². The summed E-state index contributed by atoms with van der Waals surface area (Å²) in [5, 5.41) is 14.9. The predicted octanol–water partition coefficient (Wildman–Crippen LogP) is 37.3. The second kappa shape index (κ2) is 34.5. The molecule has 4 heterocycles. The molecule has 0 N–H and O–H groups in total. The molecule has 6 nitrogen and oxygen atoms in total. The molecular formula is C137H94N6.